The predicted molar refractivity (Wildman–Crippen MR) is 66.2 cm³/mol. The van der Waals surface area contributed by atoms with E-state index in [1.54, 1.807) is 0 Å². The Balaban J connectivity index is 2.45. The van der Waals surface area contributed by atoms with Gasteiger partial charge in [0.25, 0.3) is 0 Å². The molecule has 2 heterocycles. The minimum Gasteiger partial charge on any atom is -0.288 e. The van der Waals surface area contributed by atoms with E-state index < -0.39 is 0 Å². The molecule has 2 aromatic rings. The van der Waals surface area contributed by atoms with E-state index in [0.29, 0.717) is 0 Å². The van der Waals surface area contributed by atoms with Gasteiger partial charge >= 0.3 is 0 Å². The fourth-order valence-electron chi connectivity index (χ4n) is 1.70. The van der Waals surface area contributed by atoms with Gasteiger partial charge in [0, 0.05) is 17.0 Å². The van der Waals surface area contributed by atoms with Crippen LogP contribution < -0.4 is 0 Å². The Labute approximate surface area is 99.0 Å². The molecule has 3 heteroatoms. The van der Waals surface area contributed by atoms with Crippen LogP contribution >= 0.6 is 11.3 Å². The Morgan fingerprint density at radius 1 is 1.19 bits per heavy atom. The SMILES string of the molecule is Cc1cc(C(=O)c2sccc2C)cc(C)n1. The first-order valence-electron chi connectivity index (χ1n) is 5.12. The molecule has 0 fully saturated rings. The molecule has 82 valence electrons. The topological polar surface area (TPSA) is 30.0 Å². The molecule has 0 aliphatic rings. The van der Waals surface area contributed by atoms with Crippen LogP contribution in [0.3, 0.4) is 0 Å². The third kappa shape index (κ3) is 2.04. The second kappa shape index (κ2) is 4.18. The van der Waals surface area contributed by atoms with Crippen LogP contribution in [-0.4, -0.2) is 10.8 Å². The van der Waals surface area contributed by atoms with Crippen LogP contribution in [0.5, 0.6) is 0 Å². The third-order valence-electron chi connectivity index (χ3n) is 2.41. The molecule has 16 heavy (non-hydrogen) atoms. The molecule has 0 radical (unpaired) electrons. The van der Waals surface area contributed by atoms with E-state index in [-0.39, 0.29) is 5.78 Å². The monoisotopic (exact) mass is 231 g/mol. The average molecular weight is 231 g/mol. The molecule has 0 spiro atoms. The Morgan fingerprint density at radius 3 is 2.31 bits per heavy atom. The van der Waals surface area contributed by atoms with Gasteiger partial charge in [-0.25, -0.2) is 0 Å². The lowest BCUT2D eigenvalue weighted by Gasteiger charge is -2.03. The number of hydrogen-bond donors (Lipinski definition) is 0. The largest absolute Gasteiger partial charge is 0.288 e. The van der Waals surface area contributed by atoms with Crippen molar-refractivity contribution < 1.29 is 4.79 Å². The fourth-order valence-corrected chi connectivity index (χ4v) is 2.59. The van der Waals surface area contributed by atoms with Gasteiger partial charge in [0.2, 0.25) is 5.78 Å². The molecule has 2 nitrogen and oxygen atoms in total. The molecule has 0 N–H and O–H groups in total. The van der Waals surface area contributed by atoms with E-state index in [9.17, 15) is 4.79 Å². The zero-order valence-corrected chi connectivity index (χ0v) is 10.4. The summed E-state index contributed by atoms with van der Waals surface area (Å²) in [7, 11) is 0. The van der Waals surface area contributed by atoms with Crippen LogP contribution in [0.4, 0.5) is 0 Å². The molecule has 0 saturated heterocycles. The number of carbonyl (C=O) groups excluding carboxylic acids is 1. The van der Waals surface area contributed by atoms with Crippen LogP contribution in [-0.2, 0) is 0 Å². The van der Waals surface area contributed by atoms with Crippen LogP contribution in [0.25, 0.3) is 0 Å². The molecule has 2 aromatic heterocycles. The molecule has 0 bridgehead atoms. The minimum absolute atomic E-state index is 0.0982. The number of rotatable bonds is 2. The number of nitrogens with zero attached hydrogens (tertiary/aromatic N) is 1. The van der Waals surface area contributed by atoms with Crippen LogP contribution in [0.1, 0.15) is 32.2 Å². The Morgan fingerprint density at radius 2 is 1.81 bits per heavy atom. The van der Waals surface area contributed by atoms with Crippen molar-refractivity contribution in [3.8, 4) is 0 Å². The standard InChI is InChI=1S/C13H13NOS/c1-8-4-5-16-13(8)12(15)11-6-9(2)14-10(3)7-11/h4-7H,1-3H3. The van der Waals surface area contributed by atoms with Crippen LogP contribution in [0, 0.1) is 20.8 Å². The van der Waals surface area contributed by atoms with E-state index >= 15 is 0 Å². The smallest absolute Gasteiger partial charge is 0.203 e. The van der Waals surface area contributed by atoms with Crippen molar-refractivity contribution in [2.75, 3.05) is 0 Å². The van der Waals surface area contributed by atoms with E-state index in [0.717, 1.165) is 27.4 Å². The normalized spacial score (nSPS) is 10.4. The van der Waals surface area contributed by atoms with Crippen molar-refractivity contribution in [1.82, 2.24) is 4.98 Å². The Kier molecular flexibility index (Phi) is 2.88. The predicted octanol–water partition coefficient (Wildman–Crippen LogP) is 3.30. The van der Waals surface area contributed by atoms with Crippen molar-refractivity contribution in [3.63, 3.8) is 0 Å². The number of aromatic nitrogens is 1. The van der Waals surface area contributed by atoms with Gasteiger partial charge in [0.1, 0.15) is 0 Å². The lowest BCUT2D eigenvalue weighted by atomic mass is 10.1. The summed E-state index contributed by atoms with van der Waals surface area (Å²) < 4.78 is 0. The van der Waals surface area contributed by atoms with E-state index in [1.807, 2.05) is 44.4 Å². The fraction of sp³-hybridized carbons (Fsp3) is 0.231. The van der Waals surface area contributed by atoms with Gasteiger partial charge in [0.15, 0.2) is 0 Å². The Hall–Kier alpha value is -1.48. The summed E-state index contributed by atoms with van der Waals surface area (Å²) in [5, 5.41) is 1.95. The lowest BCUT2D eigenvalue weighted by molar-refractivity contribution is 0.104. The third-order valence-corrected chi connectivity index (χ3v) is 3.43. The van der Waals surface area contributed by atoms with Crippen LogP contribution in [0.2, 0.25) is 0 Å². The Bertz CT molecular complexity index is 522. The molecular formula is C13H13NOS. The van der Waals surface area contributed by atoms with Gasteiger partial charge < -0.3 is 0 Å². The van der Waals surface area contributed by atoms with Crippen molar-refractivity contribution >= 4 is 17.1 Å². The average Bonchev–Trinajstić information content (AvgIpc) is 2.62. The maximum absolute atomic E-state index is 12.2. The summed E-state index contributed by atoms with van der Waals surface area (Å²) in [6, 6.07) is 5.65. The number of carbonyl (C=O) groups is 1. The van der Waals surface area contributed by atoms with Gasteiger partial charge in [-0.3, -0.25) is 9.78 Å². The van der Waals surface area contributed by atoms with Gasteiger partial charge in [-0.15, -0.1) is 11.3 Å². The van der Waals surface area contributed by atoms with Crippen molar-refractivity contribution in [3.05, 3.63) is 51.0 Å². The van der Waals surface area contributed by atoms with Crippen molar-refractivity contribution in [2.45, 2.75) is 20.8 Å². The molecule has 0 unspecified atom stereocenters. The number of pyridine rings is 1. The number of thiophene rings is 1. The van der Waals surface area contributed by atoms with E-state index in [2.05, 4.69) is 4.98 Å². The highest BCUT2D eigenvalue weighted by atomic mass is 32.1. The maximum Gasteiger partial charge on any atom is 0.203 e. The molecule has 0 saturated carbocycles. The first kappa shape index (κ1) is 11.0. The molecular weight excluding hydrogens is 218 g/mol. The summed E-state index contributed by atoms with van der Waals surface area (Å²) in [6.45, 7) is 5.78. The zero-order chi connectivity index (χ0) is 11.7. The highest BCUT2D eigenvalue weighted by Crippen LogP contribution is 2.20. The highest BCUT2D eigenvalue weighted by molar-refractivity contribution is 7.12. The van der Waals surface area contributed by atoms with Gasteiger partial charge in [0.05, 0.1) is 4.88 Å². The van der Waals surface area contributed by atoms with Gasteiger partial charge in [-0.1, -0.05) is 0 Å². The van der Waals surface area contributed by atoms with Crippen molar-refractivity contribution in [2.24, 2.45) is 0 Å². The number of hydrogen-bond acceptors (Lipinski definition) is 3. The minimum atomic E-state index is 0.0982. The quantitative estimate of drug-likeness (QED) is 0.742. The summed E-state index contributed by atoms with van der Waals surface area (Å²) in [4.78, 5) is 17.3. The zero-order valence-electron chi connectivity index (χ0n) is 9.57. The molecule has 0 atom stereocenters. The summed E-state index contributed by atoms with van der Waals surface area (Å²) in [5.74, 6) is 0.0982. The molecule has 0 aliphatic heterocycles. The second-order valence-corrected chi connectivity index (χ2v) is 4.82. The number of ketones is 1. The second-order valence-electron chi connectivity index (χ2n) is 3.90. The maximum atomic E-state index is 12.2. The molecule has 2 rings (SSSR count). The lowest BCUT2D eigenvalue weighted by Crippen LogP contribution is -2.02. The summed E-state index contributed by atoms with van der Waals surface area (Å²) >= 11 is 1.49. The molecule has 0 amide bonds. The van der Waals surface area contributed by atoms with E-state index in [1.165, 1.54) is 11.3 Å². The van der Waals surface area contributed by atoms with Crippen LogP contribution in [0.15, 0.2) is 23.6 Å². The van der Waals surface area contributed by atoms with E-state index in [4.69, 9.17) is 0 Å². The number of aryl methyl sites for hydroxylation is 3. The molecule has 0 aliphatic carbocycles. The highest BCUT2D eigenvalue weighted by Gasteiger charge is 2.13. The summed E-state index contributed by atoms with van der Waals surface area (Å²) in [6.07, 6.45) is 0. The van der Waals surface area contributed by atoms with Crippen molar-refractivity contribution in [1.29, 1.82) is 0 Å². The van der Waals surface area contributed by atoms with Gasteiger partial charge in [-0.2, -0.15) is 0 Å². The first-order chi connectivity index (χ1) is 7.58. The first-order valence-corrected chi connectivity index (χ1v) is 6.00. The van der Waals surface area contributed by atoms with Gasteiger partial charge in [-0.05, 0) is 49.9 Å². The molecule has 0 aromatic carbocycles. The summed E-state index contributed by atoms with van der Waals surface area (Å²) in [5.41, 5.74) is 3.55.